The van der Waals surface area contributed by atoms with Crippen LogP contribution in [0.15, 0.2) is 48.5 Å². The van der Waals surface area contributed by atoms with Gasteiger partial charge in [-0.3, -0.25) is 24.1 Å². The van der Waals surface area contributed by atoms with Gasteiger partial charge in [0.05, 0.1) is 17.7 Å². The minimum atomic E-state index is -1.02. The Kier molecular flexibility index (Phi) is 7.06. The number of fused-ring (bicyclic) bond motifs is 1. The van der Waals surface area contributed by atoms with E-state index in [-0.39, 0.29) is 29.8 Å². The van der Waals surface area contributed by atoms with Crippen molar-refractivity contribution >= 4 is 41.1 Å². The van der Waals surface area contributed by atoms with E-state index in [0.29, 0.717) is 5.75 Å². The number of imide groups is 1. The molecule has 0 saturated heterocycles. The zero-order valence-electron chi connectivity index (χ0n) is 17.1. The van der Waals surface area contributed by atoms with E-state index in [2.05, 4.69) is 5.32 Å². The fraction of sp³-hybridized carbons (Fsp3) is 0.273. The Morgan fingerprint density at radius 2 is 1.74 bits per heavy atom. The van der Waals surface area contributed by atoms with E-state index >= 15 is 0 Å². The van der Waals surface area contributed by atoms with Crippen LogP contribution in [-0.4, -0.2) is 65.1 Å². The van der Waals surface area contributed by atoms with Gasteiger partial charge in [-0.25, -0.2) is 4.39 Å². The van der Waals surface area contributed by atoms with Crippen molar-refractivity contribution in [2.45, 2.75) is 12.5 Å². The second-order valence-electron chi connectivity index (χ2n) is 7.08. The van der Waals surface area contributed by atoms with Crippen molar-refractivity contribution in [1.82, 2.24) is 9.80 Å². The van der Waals surface area contributed by atoms with E-state index in [4.69, 9.17) is 0 Å². The van der Waals surface area contributed by atoms with Gasteiger partial charge in [0.25, 0.3) is 11.8 Å². The van der Waals surface area contributed by atoms with Crippen molar-refractivity contribution in [3.05, 3.63) is 65.5 Å². The molecule has 1 N–H and O–H groups in total. The topological polar surface area (TPSA) is 86.8 Å². The molecule has 162 valence electrons. The van der Waals surface area contributed by atoms with E-state index in [1.807, 2.05) is 6.26 Å². The summed E-state index contributed by atoms with van der Waals surface area (Å²) in [6.07, 6.45) is 2.13. The predicted octanol–water partition coefficient (Wildman–Crippen LogP) is 2.64. The molecule has 0 fully saturated rings. The molecule has 31 heavy (non-hydrogen) atoms. The molecule has 9 heteroatoms. The highest BCUT2D eigenvalue weighted by atomic mass is 32.2. The minimum Gasteiger partial charge on any atom is -0.335 e. The van der Waals surface area contributed by atoms with E-state index < -0.39 is 35.5 Å². The number of benzene rings is 2. The molecule has 1 aliphatic rings. The molecule has 0 bridgehead atoms. The van der Waals surface area contributed by atoms with Crippen molar-refractivity contribution in [2.24, 2.45) is 0 Å². The Labute approximate surface area is 183 Å². The number of carbonyl (C=O) groups is 4. The second-order valence-corrected chi connectivity index (χ2v) is 8.06. The van der Waals surface area contributed by atoms with E-state index in [0.717, 1.165) is 4.90 Å². The SMILES string of the molecule is CSCC[C@@H](C(=O)N(C)CC(=O)Nc1cccc(F)c1)N1C(=O)c2ccccc2C1=O. The molecule has 0 aliphatic carbocycles. The molecule has 4 amide bonds. The molecule has 2 aromatic rings. The van der Waals surface area contributed by atoms with Crippen LogP contribution in [-0.2, 0) is 9.59 Å². The molecule has 7 nitrogen and oxygen atoms in total. The standard InChI is InChI=1S/C22H22FN3O4S/c1-25(13-19(27)24-15-7-5-6-14(23)12-15)22(30)18(10-11-31-2)26-20(28)16-8-3-4-9-17(16)21(26)29/h3-9,12,18H,10-11,13H2,1-2H3,(H,24,27)/t18-/m0/s1. The number of thioether (sulfide) groups is 1. The van der Waals surface area contributed by atoms with E-state index in [9.17, 15) is 23.6 Å². The summed E-state index contributed by atoms with van der Waals surface area (Å²) >= 11 is 1.49. The highest BCUT2D eigenvalue weighted by molar-refractivity contribution is 7.98. The number of halogens is 1. The average molecular weight is 444 g/mol. The third kappa shape index (κ3) is 4.93. The monoisotopic (exact) mass is 443 g/mol. The van der Waals surface area contributed by atoms with Gasteiger partial charge < -0.3 is 10.2 Å². The molecular formula is C22H22FN3O4S. The summed E-state index contributed by atoms with van der Waals surface area (Å²) in [7, 11) is 1.43. The molecule has 3 rings (SSSR count). The summed E-state index contributed by atoms with van der Waals surface area (Å²) in [6, 6.07) is 10.8. The van der Waals surface area contributed by atoms with Gasteiger partial charge in [0, 0.05) is 12.7 Å². The number of amides is 4. The summed E-state index contributed by atoms with van der Waals surface area (Å²) < 4.78 is 13.3. The lowest BCUT2D eigenvalue weighted by Crippen LogP contribution is -2.51. The average Bonchev–Trinajstić information content (AvgIpc) is 2.99. The molecule has 0 spiro atoms. The van der Waals surface area contributed by atoms with Gasteiger partial charge in [0.1, 0.15) is 11.9 Å². The first kappa shape index (κ1) is 22.5. The highest BCUT2D eigenvalue weighted by Gasteiger charge is 2.43. The van der Waals surface area contributed by atoms with Crippen LogP contribution in [0.4, 0.5) is 10.1 Å². The van der Waals surface area contributed by atoms with Crippen LogP contribution in [0.3, 0.4) is 0 Å². The van der Waals surface area contributed by atoms with Crippen molar-refractivity contribution in [3.63, 3.8) is 0 Å². The van der Waals surface area contributed by atoms with Gasteiger partial charge >= 0.3 is 0 Å². The van der Waals surface area contributed by atoms with E-state index in [1.165, 1.54) is 48.0 Å². The Bertz CT molecular complexity index is 994. The lowest BCUT2D eigenvalue weighted by Gasteiger charge is -2.29. The fourth-order valence-corrected chi connectivity index (χ4v) is 3.86. The number of hydrogen-bond acceptors (Lipinski definition) is 5. The predicted molar refractivity (Wildman–Crippen MR) is 116 cm³/mol. The number of likely N-dealkylation sites (N-methyl/N-ethyl adjacent to an activating group) is 1. The van der Waals surface area contributed by atoms with Gasteiger partial charge in [0.2, 0.25) is 11.8 Å². The molecule has 0 saturated carbocycles. The molecule has 2 aromatic carbocycles. The maximum atomic E-state index is 13.3. The van der Waals surface area contributed by atoms with Crippen LogP contribution in [0, 0.1) is 5.82 Å². The molecule has 0 radical (unpaired) electrons. The molecule has 1 aliphatic heterocycles. The summed E-state index contributed by atoms with van der Waals surface area (Å²) in [6.45, 7) is -0.311. The van der Waals surface area contributed by atoms with Crippen molar-refractivity contribution in [3.8, 4) is 0 Å². The Hall–Kier alpha value is -3.20. The fourth-order valence-electron chi connectivity index (χ4n) is 3.40. The van der Waals surface area contributed by atoms with E-state index in [1.54, 1.807) is 24.3 Å². The maximum Gasteiger partial charge on any atom is 0.262 e. The Morgan fingerprint density at radius 3 is 2.32 bits per heavy atom. The van der Waals surface area contributed by atoms with Crippen molar-refractivity contribution in [1.29, 1.82) is 0 Å². The summed E-state index contributed by atoms with van der Waals surface area (Å²) in [5, 5.41) is 2.53. The third-order valence-corrected chi connectivity index (χ3v) is 5.53. The van der Waals surface area contributed by atoms with Crippen LogP contribution < -0.4 is 5.32 Å². The highest BCUT2D eigenvalue weighted by Crippen LogP contribution is 2.26. The first-order valence-electron chi connectivity index (χ1n) is 9.59. The van der Waals surface area contributed by atoms with Crippen LogP contribution in [0.25, 0.3) is 0 Å². The summed E-state index contributed by atoms with van der Waals surface area (Å²) in [5.41, 5.74) is 0.798. The summed E-state index contributed by atoms with van der Waals surface area (Å²) in [4.78, 5) is 53.3. The quantitative estimate of drug-likeness (QED) is 0.634. The number of nitrogens with zero attached hydrogens (tertiary/aromatic N) is 2. The number of hydrogen-bond donors (Lipinski definition) is 1. The van der Waals surface area contributed by atoms with Crippen molar-refractivity contribution in [2.75, 3.05) is 30.9 Å². The minimum absolute atomic E-state index is 0.265. The van der Waals surface area contributed by atoms with Gasteiger partial charge in [-0.15, -0.1) is 0 Å². The maximum absolute atomic E-state index is 13.3. The Morgan fingerprint density at radius 1 is 1.10 bits per heavy atom. The largest absolute Gasteiger partial charge is 0.335 e. The van der Waals surface area contributed by atoms with Gasteiger partial charge in [-0.05, 0) is 48.8 Å². The zero-order valence-corrected chi connectivity index (χ0v) is 17.9. The normalized spacial score (nSPS) is 13.7. The van der Waals surface area contributed by atoms with Gasteiger partial charge in [0.15, 0.2) is 0 Å². The van der Waals surface area contributed by atoms with Crippen LogP contribution >= 0.6 is 11.8 Å². The number of nitrogens with one attached hydrogen (secondary N) is 1. The molecular weight excluding hydrogens is 421 g/mol. The van der Waals surface area contributed by atoms with Crippen LogP contribution in [0.2, 0.25) is 0 Å². The first-order chi connectivity index (χ1) is 14.8. The van der Waals surface area contributed by atoms with Crippen LogP contribution in [0.1, 0.15) is 27.1 Å². The van der Waals surface area contributed by atoms with Gasteiger partial charge in [-0.2, -0.15) is 11.8 Å². The molecule has 1 atom stereocenters. The summed E-state index contributed by atoms with van der Waals surface area (Å²) in [5.74, 6) is -2.02. The van der Waals surface area contributed by atoms with Gasteiger partial charge in [-0.1, -0.05) is 18.2 Å². The lowest BCUT2D eigenvalue weighted by atomic mass is 10.1. The smallest absolute Gasteiger partial charge is 0.262 e. The lowest BCUT2D eigenvalue weighted by molar-refractivity contribution is -0.136. The Balaban J connectivity index is 1.74. The number of anilines is 1. The second kappa shape index (κ2) is 9.74. The molecule has 1 heterocycles. The van der Waals surface area contributed by atoms with Crippen molar-refractivity contribution < 1.29 is 23.6 Å². The zero-order chi connectivity index (χ0) is 22.5. The third-order valence-electron chi connectivity index (χ3n) is 4.88. The number of rotatable bonds is 8. The van der Waals surface area contributed by atoms with Crippen LogP contribution in [0.5, 0.6) is 0 Å². The molecule has 0 aromatic heterocycles. The number of carbonyl (C=O) groups excluding carboxylic acids is 4. The molecule has 0 unspecified atom stereocenters. The first-order valence-corrected chi connectivity index (χ1v) is 11.0.